The van der Waals surface area contributed by atoms with Gasteiger partial charge in [-0.25, -0.2) is 17.6 Å². The standard InChI is InChI=1S/C94H118F4N16O20S/c1-9-10-23-73-93(133)114-37-18-25-72(114)87(127)103-64(34-35-78(118)119)83(123)109-81(52(4)5)94(134)111(7)74(43-53-19-12-11-13-20-53)89(129)107-69(46-79(120)121)91(131)113-36-17-16-24-71(113)88(128)106-67(45-57-47-100-63-22-15-14-21-60(57)63)86(126)105-66(41-54-28-32-59(115)33-29-54)85(125)104-65(38-51(2)3)84(124)108-70(82(122)101-48-76(99)116)49-135-50-77(117)102-68(42-56-39-61(96)80(98)62(97)40-56)90(130)112(8)75(92(132)110(73)6)44-55-26-30-58(95)31-27-55/h11-15,19-22,26-33,39-40,47,51-52,64-75,81,100,115H,9-10,16-18,23-25,34-38,41-46,48-50H2,1-8H3,(H2,99,116)(H,101,122)(H,102,117)(H,103,127)(H,104,125)(H,105,126)(H,106,128)(H,107,129)(H,108,124)(H,109,123)(H,118,119)(H,120,121)/t64-,65-,66-,67-,68-,69-,70-,71+,72+,73-,74-,75-,81-/m0/s1. The molecule has 0 unspecified atom stereocenters. The Balaban J connectivity index is 1.14. The molecule has 135 heavy (non-hydrogen) atoms. The average molecular weight is 1900 g/mol. The molecule has 3 aliphatic rings. The highest BCUT2D eigenvalue weighted by Gasteiger charge is 2.46. The van der Waals surface area contributed by atoms with Crippen LogP contribution in [0.15, 0.2) is 121 Å². The van der Waals surface area contributed by atoms with E-state index < -0.39 is 270 Å². The lowest BCUT2D eigenvalue weighted by atomic mass is 9.97. The van der Waals surface area contributed by atoms with Gasteiger partial charge in [-0.15, -0.1) is 11.8 Å². The lowest BCUT2D eigenvalue weighted by Crippen LogP contribution is -2.63. The fourth-order valence-corrected chi connectivity index (χ4v) is 17.5. The zero-order valence-corrected chi connectivity index (χ0v) is 77.1. The number of aliphatic carboxylic acids is 2. The van der Waals surface area contributed by atoms with Gasteiger partial charge in [-0.3, -0.25) is 81.5 Å². The van der Waals surface area contributed by atoms with Crippen LogP contribution in [0.25, 0.3) is 10.9 Å². The minimum absolute atomic E-state index is 0.0567. The van der Waals surface area contributed by atoms with Gasteiger partial charge in [0, 0.05) is 95.6 Å². The van der Waals surface area contributed by atoms with Crippen LogP contribution in [0.3, 0.4) is 0 Å². The number of carboxylic acid groups (broad SMARTS) is 2. The fourth-order valence-electron chi connectivity index (χ4n) is 16.6. The summed E-state index contributed by atoms with van der Waals surface area (Å²) < 4.78 is 59.8. The van der Waals surface area contributed by atoms with Crippen LogP contribution < -0.4 is 53.6 Å². The fraction of sp³-hybridized carbons (Fsp3) is 0.479. The minimum atomic E-state index is -1.98. The number of benzene rings is 5. The molecule has 5 aromatic carbocycles. The van der Waals surface area contributed by atoms with Crippen molar-refractivity contribution in [2.45, 2.75) is 222 Å². The Bertz CT molecular complexity index is 5270. The number of piperidine rings is 1. The van der Waals surface area contributed by atoms with E-state index in [2.05, 4.69) is 52.8 Å². The number of fused-ring (bicyclic) bond motifs is 3. The molecule has 0 aliphatic carbocycles. The van der Waals surface area contributed by atoms with Crippen LogP contribution in [-0.2, 0) is 114 Å². The van der Waals surface area contributed by atoms with Gasteiger partial charge in [-0.1, -0.05) is 120 Å². The quantitative estimate of drug-likeness (QED) is 0.0305. The highest BCUT2D eigenvalue weighted by atomic mass is 32.2. The number of rotatable bonds is 24. The normalized spacial score (nSPS) is 23.5. The van der Waals surface area contributed by atoms with Crippen molar-refractivity contribution in [3.05, 3.63) is 173 Å². The minimum Gasteiger partial charge on any atom is -0.508 e. The molecule has 15 N–H and O–H groups in total. The summed E-state index contributed by atoms with van der Waals surface area (Å²) in [4.78, 5) is 259. The Morgan fingerprint density at radius 2 is 1.04 bits per heavy atom. The molecule has 3 fully saturated rings. The zero-order chi connectivity index (χ0) is 98.8. The number of nitrogens with zero attached hydrogens (tertiary/aromatic N) is 5. The monoisotopic (exact) mass is 1900 g/mol. The van der Waals surface area contributed by atoms with E-state index in [0.717, 1.165) is 38.8 Å². The number of phenolic OH excluding ortho intramolecular Hbond substituents is 1. The first-order valence-corrected chi connectivity index (χ1v) is 45.9. The van der Waals surface area contributed by atoms with Crippen LogP contribution in [0.4, 0.5) is 17.6 Å². The third kappa shape index (κ3) is 29.5. The van der Waals surface area contributed by atoms with Crippen LogP contribution in [0.1, 0.15) is 139 Å². The van der Waals surface area contributed by atoms with Gasteiger partial charge in [0.15, 0.2) is 17.5 Å². The number of unbranched alkanes of at least 4 members (excludes halogenated alkanes) is 1. The number of nitrogens with two attached hydrogens (primary N) is 1. The summed E-state index contributed by atoms with van der Waals surface area (Å²) in [6.45, 7) is 7.08. The molecule has 0 spiro atoms. The zero-order valence-electron chi connectivity index (χ0n) is 76.3. The smallest absolute Gasteiger partial charge is 0.305 e. The molecule has 9 rings (SSSR count). The van der Waals surface area contributed by atoms with Crippen molar-refractivity contribution in [2.75, 3.05) is 52.3 Å². The number of primary amides is 1. The van der Waals surface area contributed by atoms with Crippen molar-refractivity contribution in [1.29, 1.82) is 0 Å². The second-order valence-corrected chi connectivity index (χ2v) is 35.9. The number of hydrogen-bond acceptors (Lipinski definition) is 19. The predicted molar refractivity (Wildman–Crippen MR) is 486 cm³/mol. The molecule has 3 aliphatic heterocycles. The van der Waals surface area contributed by atoms with E-state index in [1.165, 1.54) is 69.2 Å². The molecular formula is C94H118F4N16O20S. The van der Waals surface area contributed by atoms with Crippen molar-refractivity contribution in [1.82, 2.24) is 77.3 Å². The van der Waals surface area contributed by atoms with Gasteiger partial charge in [0.1, 0.15) is 90.1 Å². The number of nitrogens with one attached hydrogen (secondary N) is 10. The number of aromatic nitrogens is 1. The van der Waals surface area contributed by atoms with E-state index in [1.54, 1.807) is 81.6 Å². The van der Waals surface area contributed by atoms with Crippen molar-refractivity contribution < 1.29 is 114 Å². The Morgan fingerprint density at radius 1 is 0.511 bits per heavy atom. The van der Waals surface area contributed by atoms with Crippen molar-refractivity contribution in [2.24, 2.45) is 17.6 Å². The number of carboxylic acids is 2. The lowest BCUT2D eigenvalue weighted by Gasteiger charge is -2.38. The Labute approximate surface area is 781 Å². The van der Waals surface area contributed by atoms with Crippen LogP contribution in [-0.4, -0.2) is 276 Å². The molecule has 3 saturated heterocycles. The number of amides is 15. The Kier molecular flexibility index (Phi) is 38.6. The summed E-state index contributed by atoms with van der Waals surface area (Å²) in [6, 6.07) is 4.66. The number of likely N-dealkylation sites (N-methyl/N-ethyl adjacent to an activating group) is 3. The Hall–Kier alpha value is -13.5. The second kappa shape index (κ2) is 49.5. The third-order valence-corrected chi connectivity index (χ3v) is 25.0. The van der Waals surface area contributed by atoms with Crippen molar-refractivity contribution in [3.8, 4) is 5.75 Å². The van der Waals surface area contributed by atoms with Gasteiger partial charge >= 0.3 is 11.9 Å². The van der Waals surface area contributed by atoms with E-state index >= 15 is 56.7 Å². The van der Waals surface area contributed by atoms with Gasteiger partial charge in [0.2, 0.25) is 88.6 Å². The van der Waals surface area contributed by atoms with Gasteiger partial charge in [-0.05, 0) is 133 Å². The first-order chi connectivity index (χ1) is 64.1. The average Bonchev–Trinajstić information content (AvgIpc) is 1.75. The maximum atomic E-state index is 15.7. The highest BCUT2D eigenvalue weighted by Crippen LogP contribution is 2.29. The van der Waals surface area contributed by atoms with E-state index in [0.29, 0.717) is 64.3 Å². The highest BCUT2D eigenvalue weighted by molar-refractivity contribution is 8.00. The van der Waals surface area contributed by atoms with E-state index in [9.17, 15) is 57.7 Å². The van der Waals surface area contributed by atoms with E-state index in [-0.39, 0.29) is 88.6 Å². The summed E-state index contributed by atoms with van der Waals surface area (Å²) in [5, 5.41) is 55.0. The maximum Gasteiger partial charge on any atom is 0.305 e. The predicted octanol–water partition coefficient (Wildman–Crippen LogP) is 3.25. The molecule has 0 saturated carbocycles. The molecule has 4 heterocycles. The number of aromatic hydroxyl groups is 1. The van der Waals surface area contributed by atoms with Gasteiger partial charge in [0.05, 0.1) is 18.7 Å². The Morgan fingerprint density at radius 3 is 1.67 bits per heavy atom. The van der Waals surface area contributed by atoms with Crippen molar-refractivity contribution in [3.63, 3.8) is 0 Å². The number of halogens is 4. The molecule has 36 nitrogen and oxygen atoms in total. The topological polar surface area (TPSA) is 517 Å². The van der Waals surface area contributed by atoms with Crippen LogP contribution in [0.2, 0.25) is 0 Å². The number of carbonyl (C=O) groups excluding carboxylic acids is 15. The number of thioether (sulfide) groups is 1. The number of phenols is 1. The van der Waals surface area contributed by atoms with Crippen LogP contribution in [0, 0.1) is 35.1 Å². The van der Waals surface area contributed by atoms with Gasteiger partial charge in [0.25, 0.3) is 0 Å². The molecule has 728 valence electrons. The second-order valence-electron chi connectivity index (χ2n) is 34.9. The van der Waals surface area contributed by atoms with E-state index in [4.69, 9.17) is 5.73 Å². The summed E-state index contributed by atoms with van der Waals surface area (Å²) in [5.41, 5.74) is 7.09. The molecule has 15 amide bonds. The number of aromatic amines is 1. The molecule has 13 atom stereocenters. The number of carbonyl (C=O) groups is 17. The molecule has 0 bridgehead atoms. The van der Waals surface area contributed by atoms with Gasteiger partial charge < -0.3 is 98.4 Å². The SMILES string of the molecule is CCCC[C@H]1C(=O)N2CCC[C@@H]2C(=O)N[C@@H](CCC(=O)O)C(=O)N[C@@H](C(C)C)C(=O)N(C)[C@@H](Cc2ccccc2)C(=O)N[C@@H](CC(=O)O)C(=O)N2CCCC[C@@H]2C(=O)N[C@@H](Cc2c[nH]c3ccccc23)C(=O)N[C@@H](Cc2ccc(O)cc2)C(=O)N[C@@H](CC(C)C)C(=O)N[C@H](C(=O)NCC(N)=O)CSCC(=O)N[C@@H](Cc2cc(F)c(F)c(F)c2)C(=O)N(C)[C@@H](Cc2ccc(F)cc2)C(=O)N1C. The first kappa shape index (κ1) is 105. The third-order valence-electron chi connectivity index (χ3n) is 24.0. The van der Waals surface area contributed by atoms with Crippen molar-refractivity contribution >= 4 is 123 Å². The summed E-state index contributed by atoms with van der Waals surface area (Å²) in [5.74, 6) is -27.1. The molecular weight excluding hydrogens is 1780 g/mol. The largest absolute Gasteiger partial charge is 0.508 e. The van der Waals surface area contributed by atoms with Crippen LogP contribution >= 0.6 is 11.8 Å². The van der Waals surface area contributed by atoms with Gasteiger partial charge in [-0.2, -0.15) is 0 Å². The van der Waals surface area contributed by atoms with Crippen LogP contribution in [0.5, 0.6) is 5.75 Å². The summed E-state index contributed by atoms with van der Waals surface area (Å²) in [7, 11) is 3.58. The maximum absolute atomic E-state index is 15.7. The number of hydrogen-bond donors (Lipinski definition) is 14. The molecule has 6 aromatic rings. The molecule has 0 radical (unpaired) electrons. The molecule has 41 heteroatoms. The summed E-state index contributed by atoms with van der Waals surface area (Å²) in [6.07, 6.45) is -2.21. The first-order valence-electron chi connectivity index (χ1n) is 44.8. The van der Waals surface area contributed by atoms with E-state index in [1.807, 2.05) is 0 Å². The lowest BCUT2D eigenvalue weighted by molar-refractivity contribution is -0.152. The number of H-pyrrole nitrogens is 1. The molecule has 1 aromatic heterocycles. The summed E-state index contributed by atoms with van der Waals surface area (Å²) >= 11 is 0.639. The number of para-hydroxylation sites is 1.